The molecular weight excluding hydrogens is 580 g/mol. The molecular formula is C33H42N4O8. The maximum Gasteiger partial charge on any atom is 0.408 e. The maximum absolute atomic E-state index is 14.2. The van der Waals surface area contributed by atoms with Gasteiger partial charge in [0.05, 0.1) is 19.2 Å². The summed E-state index contributed by atoms with van der Waals surface area (Å²) in [4.78, 5) is 59.0. The number of nitrogens with one attached hydrogen (secondary N) is 2. The van der Waals surface area contributed by atoms with Crippen molar-refractivity contribution in [2.45, 2.75) is 95.0 Å². The van der Waals surface area contributed by atoms with Gasteiger partial charge in [-0.05, 0) is 64.7 Å². The highest BCUT2D eigenvalue weighted by atomic mass is 16.6. The number of amides is 3. The number of aromatic nitrogens is 1. The molecule has 1 saturated carbocycles. The van der Waals surface area contributed by atoms with Gasteiger partial charge in [0.15, 0.2) is 0 Å². The van der Waals surface area contributed by atoms with Crippen LogP contribution in [0.1, 0.15) is 65.7 Å². The van der Waals surface area contributed by atoms with Crippen LogP contribution in [0.2, 0.25) is 0 Å². The van der Waals surface area contributed by atoms with Gasteiger partial charge in [-0.15, -0.1) is 0 Å². The fourth-order valence-corrected chi connectivity index (χ4v) is 6.11. The molecule has 5 rings (SSSR count). The van der Waals surface area contributed by atoms with Crippen molar-refractivity contribution in [3.63, 3.8) is 0 Å². The zero-order valence-corrected chi connectivity index (χ0v) is 26.2. The Labute approximate surface area is 262 Å². The van der Waals surface area contributed by atoms with Crippen molar-refractivity contribution in [3.8, 4) is 11.5 Å². The summed E-state index contributed by atoms with van der Waals surface area (Å²) in [5.74, 6) is -1.28. The molecule has 3 heterocycles. The van der Waals surface area contributed by atoms with Crippen molar-refractivity contribution >= 4 is 34.8 Å². The number of carbonyl (C=O) groups is 4. The number of carbonyl (C=O) groups excluding carboxylic acids is 3. The molecule has 45 heavy (non-hydrogen) atoms. The summed E-state index contributed by atoms with van der Waals surface area (Å²) in [6, 6.07) is 5.19. The Morgan fingerprint density at radius 2 is 1.96 bits per heavy atom. The van der Waals surface area contributed by atoms with Crippen LogP contribution in [0.25, 0.3) is 10.9 Å². The van der Waals surface area contributed by atoms with Crippen LogP contribution in [-0.2, 0) is 19.1 Å². The monoisotopic (exact) mass is 622 g/mol. The molecule has 5 unspecified atom stereocenters. The first-order valence-electron chi connectivity index (χ1n) is 15.5. The molecule has 2 aliphatic heterocycles. The van der Waals surface area contributed by atoms with E-state index in [9.17, 15) is 24.3 Å². The van der Waals surface area contributed by atoms with E-state index in [-0.39, 0.29) is 25.3 Å². The minimum Gasteiger partial charge on any atom is -0.497 e. The fraction of sp³-hybridized carbons (Fsp3) is 0.545. The van der Waals surface area contributed by atoms with Crippen molar-refractivity contribution in [3.05, 3.63) is 42.6 Å². The lowest BCUT2D eigenvalue weighted by Crippen LogP contribution is -2.56. The topological polar surface area (TPSA) is 156 Å². The number of benzene rings is 1. The smallest absolute Gasteiger partial charge is 0.408 e. The second kappa shape index (κ2) is 12.9. The lowest BCUT2D eigenvalue weighted by Gasteiger charge is -2.30. The summed E-state index contributed by atoms with van der Waals surface area (Å²) in [5, 5.41) is 16.3. The van der Waals surface area contributed by atoms with E-state index < -0.39 is 53.2 Å². The molecule has 3 N–H and O–H groups in total. The maximum atomic E-state index is 14.2. The number of alkyl carbamates (subject to hydrolysis) is 1. The first-order valence-corrected chi connectivity index (χ1v) is 15.5. The summed E-state index contributed by atoms with van der Waals surface area (Å²) < 4.78 is 17.2. The lowest BCUT2D eigenvalue weighted by atomic mass is 10.0. The van der Waals surface area contributed by atoms with Crippen molar-refractivity contribution in [2.75, 3.05) is 13.7 Å². The minimum atomic E-state index is -1.42. The third-order valence-corrected chi connectivity index (χ3v) is 8.52. The number of methoxy groups -OCH3 is 1. The second-order valence-electron chi connectivity index (χ2n) is 13.0. The highest BCUT2D eigenvalue weighted by molar-refractivity contribution is 5.96. The second-order valence-corrected chi connectivity index (χ2v) is 13.0. The molecule has 12 heteroatoms. The van der Waals surface area contributed by atoms with E-state index in [4.69, 9.17) is 14.2 Å². The number of allylic oxidation sites excluding steroid dienone is 1. The molecule has 3 amide bonds. The largest absolute Gasteiger partial charge is 0.497 e. The highest BCUT2D eigenvalue weighted by Gasteiger charge is 2.61. The van der Waals surface area contributed by atoms with Crippen LogP contribution in [0, 0.1) is 5.92 Å². The average molecular weight is 623 g/mol. The van der Waals surface area contributed by atoms with Crippen molar-refractivity contribution < 1.29 is 38.5 Å². The van der Waals surface area contributed by atoms with E-state index in [0.29, 0.717) is 29.9 Å². The lowest BCUT2D eigenvalue weighted by molar-refractivity contribution is -0.145. The Bertz CT molecular complexity index is 1490. The minimum absolute atomic E-state index is 0.0623. The number of nitrogens with zero attached hydrogens (tertiary/aromatic N) is 2. The van der Waals surface area contributed by atoms with E-state index in [2.05, 4.69) is 15.6 Å². The molecule has 1 aromatic heterocycles. The Hall–Kier alpha value is -4.35. The van der Waals surface area contributed by atoms with Gasteiger partial charge in [-0.2, -0.15) is 0 Å². The highest BCUT2D eigenvalue weighted by Crippen LogP contribution is 2.45. The van der Waals surface area contributed by atoms with Crippen LogP contribution < -0.4 is 20.1 Å². The molecule has 0 radical (unpaired) electrons. The quantitative estimate of drug-likeness (QED) is 0.420. The molecule has 242 valence electrons. The van der Waals surface area contributed by atoms with E-state index in [1.165, 1.54) is 4.90 Å². The first-order chi connectivity index (χ1) is 21.4. The Morgan fingerprint density at radius 3 is 2.69 bits per heavy atom. The summed E-state index contributed by atoms with van der Waals surface area (Å²) in [6.45, 7) is 5.28. The molecule has 2 aromatic rings. The Balaban J connectivity index is 1.44. The molecule has 1 aromatic carbocycles. The average Bonchev–Trinajstić information content (AvgIpc) is 3.51. The molecule has 3 aliphatic rings. The zero-order valence-electron chi connectivity index (χ0n) is 26.2. The van der Waals surface area contributed by atoms with Gasteiger partial charge in [-0.1, -0.05) is 25.0 Å². The van der Waals surface area contributed by atoms with Crippen LogP contribution in [0.15, 0.2) is 42.6 Å². The number of carboxylic acid groups (broad SMARTS) is 1. The normalized spacial score (nSPS) is 28.0. The van der Waals surface area contributed by atoms with Gasteiger partial charge in [0, 0.05) is 30.0 Å². The molecule has 0 bridgehead atoms. The number of hydrogen-bond donors (Lipinski definition) is 3. The number of carboxylic acids is 1. The van der Waals surface area contributed by atoms with E-state index in [0.717, 1.165) is 24.6 Å². The van der Waals surface area contributed by atoms with Gasteiger partial charge in [0.25, 0.3) is 0 Å². The van der Waals surface area contributed by atoms with Crippen LogP contribution in [0.3, 0.4) is 0 Å². The number of fused-ring (bicyclic) bond motifs is 3. The van der Waals surface area contributed by atoms with E-state index in [1.54, 1.807) is 52.3 Å². The Kier molecular flexibility index (Phi) is 9.22. The number of pyridine rings is 1. The predicted molar refractivity (Wildman–Crippen MR) is 165 cm³/mol. The van der Waals surface area contributed by atoms with Gasteiger partial charge in [0.2, 0.25) is 11.8 Å². The summed E-state index contributed by atoms with van der Waals surface area (Å²) in [6.07, 6.45) is 7.97. The number of rotatable bonds is 5. The molecule has 5 atom stereocenters. The third kappa shape index (κ3) is 7.32. The molecule has 1 aliphatic carbocycles. The predicted octanol–water partition coefficient (Wildman–Crippen LogP) is 3.96. The van der Waals surface area contributed by atoms with Gasteiger partial charge in [0.1, 0.15) is 40.8 Å². The third-order valence-electron chi connectivity index (χ3n) is 8.52. The van der Waals surface area contributed by atoms with Crippen LogP contribution in [-0.4, -0.2) is 81.8 Å². The van der Waals surface area contributed by atoms with Gasteiger partial charge < -0.3 is 34.9 Å². The van der Waals surface area contributed by atoms with Crippen LogP contribution in [0.5, 0.6) is 11.5 Å². The van der Waals surface area contributed by atoms with Crippen LogP contribution in [0.4, 0.5) is 4.79 Å². The standard InChI is InChI=1S/C33H42N4O8/c1-32(2,3)45-31(42)35-24-11-9-7-5-6-8-10-20-18-33(20,30(40)41)36-28(38)26-17-22(19-37(26)29(24)39)44-27-14-15-34-25-16-21(43-4)12-13-23(25)27/h8,10,12-16,20,22,24,26H,5-7,9,11,17-19H2,1-4H3,(H,35,42)(H,36,38)(H,40,41)/b10-8-. The summed E-state index contributed by atoms with van der Waals surface area (Å²) in [5.41, 5.74) is -1.53. The molecule has 12 nitrogen and oxygen atoms in total. The molecule has 2 fully saturated rings. The van der Waals surface area contributed by atoms with Crippen molar-refractivity contribution in [1.82, 2.24) is 20.5 Å². The summed E-state index contributed by atoms with van der Waals surface area (Å²) >= 11 is 0. The van der Waals surface area contributed by atoms with Gasteiger partial charge in [-0.25, -0.2) is 9.59 Å². The molecule has 1 saturated heterocycles. The summed E-state index contributed by atoms with van der Waals surface area (Å²) in [7, 11) is 1.57. The SMILES string of the molecule is COc1ccc2c(OC3CC4C(=O)NC5(C(=O)O)CC5/C=C\CCCCCC(NC(=O)OC(C)(C)C)C(=O)N4C3)ccnc2c1. The Morgan fingerprint density at radius 1 is 1.16 bits per heavy atom. The zero-order chi connectivity index (χ0) is 32.4. The van der Waals surface area contributed by atoms with Crippen molar-refractivity contribution in [2.24, 2.45) is 5.92 Å². The molecule has 0 spiro atoms. The fourth-order valence-electron chi connectivity index (χ4n) is 6.11. The number of ether oxygens (including phenoxy) is 3. The number of aliphatic carboxylic acids is 1. The number of hydrogen-bond acceptors (Lipinski definition) is 8. The van der Waals surface area contributed by atoms with E-state index in [1.807, 2.05) is 18.2 Å². The van der Waals surface area contributed by atoms with Gasteiger partial charge in [-0.3, -0.25) is 14.6 Å². The van der Waals surface area contributed by atoms with Gasteiger partial charge >= 0.3 is 12.1 Å². The van der Waals surface area contributed by atoms with E-state index >= 15 is 0 Å². The van der Waals surface area contributed by atoms with Crippen molar-refractivity contribution in [1.29, 1.82) is 0 Å². The van der Waals surface area contributed by atoms with Crippen LogP contribution >= 0.6 is 0 Å². The first kappa shape index (κ1) is 32.1.